The number of carbonyl (C=O) groups is 1. The van der Waals surface area contributed by atoms with Gasteiger partial charge in [-0.05, 0) is 30.2 Å². The molecule has 0 bridgehead atoms. The molecule has 0 aliphatic carbocycles. The van der Waals surface area contributed by atoms with Crippen LogP contribution in [-0.4, -0.2) is 28.1 Å². The van der Waals surface area contributed by atoms with Crippen molar-refractivity contribution in [3.63, 3.8) is 0 Å². The van der Waals surface area contributed by atoms with E-state index in [0.717, 1.165) is 11.4 Å². The average Bonchev–Trinajstić information content (AvgIpc) is 2.46. The summed E-state index contributed by atoms with van der Waals surface area (Å²) in [6, 6.07) is 6.92. The van der Waals surface area contributed by atoms with Crippen LogP contribution in [0.1, 0.15) is 35.8 Å². The van der Waals surface area contributed by atoms with Gasteiger partial charge >= 0.3 is 5.97 Å². The lowest BCUT2D eigenvalue weighted by Crippen LogP contribution is -2.14. The van der Waals surface area contributed by atoms with E-state index in [1.807, 2.05) is 37.9 Å². The van der Waals surface area contributed by atoms with Crippen LogP contribution < -0.4 is 4.90 Å². The Morgan fingerprint density at radius 2 is 2.10 bits per heavy atom. The molecule has 2 rings (SSSR count). The Morgan fingerprint density at radius 3 is 2.65 bits per heavy atom. The number of carboxylic acid groups (broad SMARTS) is 1. The fourth-order valence-electron chi connectivity index (χ4n) is 1.81. The zero-order valence-corrected chi connectivity index (χ0v) is 11.7. The number of pyridine rings is 2. The van der Waals surface area contributed by atoms with Crippen LogP contribution in [0.3, 0.4) is 0 Å². The van der Waals surface area contributed by atoms with Gasteiger partial charge in [0.05, 0.1) is 17.4 Å². The van der Waals surface area contributed by atoms with Gasteiger partial charge in [0.2, 0.25) is 0 Å². The molecule has 0 aliphatic rings. The van der Waals surface area contributed by atoms with Crippen LogP contribution in [0.2, 0.25) is 0 Å². The molecule has 5 nitrogen and oxygen atoms in total. The number of anilines is 2. The van der Waals surface area contributed by atoms with Crippen molar-refractivity contribution < 1.29 is 9.90 Å². The van der Waals surface area contributed by atoms with Gasteiger partial charge < -0.3 is 10.0 Å². The molecule has 2 aromatic rings. The van der Waals surface area contributed by atoms with E-state index in [1.54, 1.807) is 24.5 Å². The summed E-state index contributed by atoms with van der Waals surface area (Å²) in [6.45, 7) is 3.98. The summed E-state index contributed by atoms with van der Waals surface area (Å²) < 4.78 is 0. The highest BCUT2D eigenvalue weighted by Crippen LogP contribution is 2.24. The molecule has 5 heteroatoms. The SMILES string of the molecule is CC(C)c1cc(C(=O)O)cc(N(C)c2cccnc2)n1. The second kappa shape index (κ2) is 5.69. The first-order valence-corrected chi connectivity index (χ1v) is 6.38. The predicted octanol–water partition coefficient (Wildman–Crippen LogP) is 3.07. The lowest BCUT2D eigenvalue weighted by atomic mass is 10.1. The van der Waals surface area contributed by atoms with Gasteiger partial charge in [-0.2, -0.15) is 0 Å². The van der Waals surface area contributed by atoms with Gasteiger partial charge in [0.1, 0.15) is 5.82 Å². The quantitative estimate of drug-likeness (QED) is 0.925. The van der Waals surface area contributed by atoms with Gasteiger partial charge in [-0.1, -0.05) is 13.8 Å². The second-order valence-electron chi connectivity index (χ2n) is 4.87. The molecule has 0 radical (unpaired) electrons. The van der Waals surface area contributed by atoms with E-state index in [4.69, 9.17) is 0 Å². The van der Waals surface area contributed by atoms with Gasteiger partial charge in [-0.15, -0.1) is 0 Å². The Kier molecular flexibility index (Phi) is 3.98. The molecule has 104 valence electrons. The zero-order valence-electron chi connectivity index (χ0n) is 11.7. The van der Waals surface area contributed by atoms with E-state index in [1.165, 1.54) is 0 Å². The molecular weight excluding hydrogens is 254 g/mol. The molecule has 2 aromatic heterocycles. The molecule has 0 saturated carbocycles. The highest BCUT2D eigenvalue weighted by atomic mass is 16.4. The van der Waals surface area contributed by atoms with Crippen molar-refractivity contribution >= 4 is 17.5 Å². The molecule has 0 amide bonds. The Bertz CT molecular complexity index is 612. The number of nitrogens with zero attached hydrogens (tertiary/aromatic N) is 3. The lowest BCUT2D eigenvalue weighted by molar-refractivity contribution is 0.0696. The van der Waals surface area contributed by atoms with Crippen LogP contribution in [-0.2, 0) is 0 Å². The minimum Gasteiger partial charge on any atom is -0.478 e. The number of hydrogen-bond acceptors (Lipinski definition) is 4. The van der Waals surface area contributed by atoms with Gasteiger partial charge in [0.15, 0.2) is 0 Å². The highest BCUT2D eigenvalue weighted by molar-refractivity contribution is 5.89. The summed E-state index contributed by atoms with van der Waals surface area (Å²) in [5, 5.41) is 9.21. The minimum absolute atomic E-state index is 0.162. The molecule has 0 fully saturated rings. The van der Waals surface area contributed by atoms with Gasteiger partial charge in [0, 0.05) is 18.9 Å². The summed E-state index contributed by atoms with van der Waals surface area (Å²) in [5.74, 6) is -0.188. The third kappa shape index (κ3) is 2.93. The predicted molar refractivity (Wildman–Crippen MR) is 77.6 cm³/mol. The van der Waals surface area contributed by atoms with Gasteiger partial charge in [-0.3, -0.25) is 4.98 Å². The molecule has 1 N–H and O–H groups in total. The maximum atomic E-state index is 11.2. The Balaban J connectivity index is 2.48. The first-order valence-electron chi connectivity index (χ1n) is 6.38. The molecule has 20 heavy (non-hydrogen) atoms. The van der Waals surface area contributed by atoms with Crippen LogP contribution in [0.5, 0.6) is 0 Å². The number of carboxylic acids is 1. The zero-order chi connectivity index (χ0) is 14.7. The third-order valence-electron chi connectivity index (χ3n) is 3.05. The van der Waals surface area contributed by atoms with Crippen molar-refractivity contribution in [2.75, 3.05) is 11.9 Å². The molecular formula is C15H17N3O2. The van der Waals surface area contributed by atoms with Crippen molar-refractivity contribution in [2.24, 2.45) is 0 Å². The third-order valence-corrected chi connectivity index (χ3v) is 3.05. The molecule has 0 aliphatic heterocycles. The second-order valence-corrected chi connectivity index (χ2v) is 4.87. The highest BCUT2D eigenvalue weighted by Gasteiger charge is 2.14. The summed E-state index contributed by atoms with van der Waals surface area (Å²) in [4.78, 5) is 21.6. The first kappa shape index (κ1) is 14.0. The fourth-order valence-corrected chi connectivity index (χ4v) is 1.81. The van der Waals surface area contributed by atoms with E-state index in [2.05, 4.69) is 9.97 Å². The van der Waals surface area contributed by atoms with Crippen LogP contribution >= 0.6 is 0 Å². The standard InChI is InChI=1S/C15H17N3O2/c1-10(2)13-7-11(15(19)20)8-14(17-13)18(3)12-5-4-6-16-9-12/h4-10H,1-3H3,(H,19,20). The van der Waals surface area contributed by atoms with Crippen molar-refractivity contribution in [3.05, 3.63) is 47.9 Å². The Morgan fingerprint density at radius 1 is 1.35 bits per heavy atom. The van der Waals surface area contributed by atoms with Crippen molar-refractivity contribution in [1.82, 2.24) is 9.97 Å². The molecule has 2 heterocycles. The summed E-state index contributed by atoms with van der Waals surface area (Å²) in [7, 11) is 1.84. The number of rotatable bonds is 4. The van der Waals surface area contributed by atoms with Crippen molar-refractivity contribution in [1.29, 1.82) is 0 Å². The monoisotopic (exact) mass is 271 g/mol. The Labute approximate surface area is 117 Å². The molecule has 0 spiro atoms. The smallest absolute Gasteiger partial charge is 0.335 e. The molecule has 0 atom stereocenters. The largest absolute Gasteiger partial charge is 0.478 e. The number of hydrogen-bond donors (Lipinski definition) is 1. The molecule has 0 aromatic carbocycles. The summed E-state index contributed by atoms with van der Waals surface area (Å²) in [5.41, 5.74) is 1.86. The number of aromatic carboxylic acids is 1. The van der Waals surface area contributed by atoms with Crippen LogP contribution in [0.15, 0.2) is 36.7 Å². The van der Waals surface area contributed by atoms with E-state index < -0.39 is 5.97 Å². The van der Waals surface area contributed by atoms with E-state index >= 15 is 0 Å². The van der Waals surface area contributed by atoms with E-state index in [0.29, 0.717) is 5.82 Å². The average molecular weight is 271 g/mol. The lowest BCUT2D eigenvalue weighted by Gasteiger charge is -2.20. The van der Waals surface area contributed by atoms with E-state index in [-0.39, 0.29) is 11.5 Å². The molecule has 0 saturated heterocycles. The molecule has 0 unspecified atom stereocenters. The van der Waals surface area contributed by atoms with Crippen molar-refractivity contribution in [3.8, 4) is 0 Å². The maximum absolute atomic E-state index is 11.2. The van der Waals surface area contributed by atoms with Gasteiger partial charge in [-0.25, -0.2) is 9.78 Å². The first-order chi connectivity index (χ1) is 9.49. The maximum Gasteiger partial charge on any atom is 0.335 e. The fraction of sp³-hybridized carbons (Fsp3) is 0.267. The van der Waals surface area contributed by atoms with Crippen molar-refractivity contribution in [2.45, 2.75) is 19.8 Å². The number of aromatic nitrogens is 2. The summed E-state index contributed by atoms with van der Waals surface area (Å²) >= 11 is 0. The normalized spacial score (nSPS) is 10.6. The van der Waals surface area contributed by atoms with Crippen LogP contribution in [0.25, 0.3) is 0 Å². The topological polar surface area (TPSA) is 66.3 Å². The van der Waals surface area contributed by atoms with Crippen LogP contribution in [0, 0.1) is 0 Å². The Hall–Kier alpha value is -2.43. The minimum atomic E-state index is -0.949. The van der Waals surface area contributed by atoms with Crippen LogP contribution in [0.4, 0.5) is 11.5 Å². The van der Waals surface area contributed by atoms with E-state index in [9.17, 15) is 9.90 Å². The summed E-state index contributed by atoms with van der Waals surface area (Å²) in [6.07, 6.45) is 3.40. The van der Waals surface area contributed by atoms with Gasteiger partial charge in [0.25, 0.3) is 0 Å².